The van der Waals surface area contributed by atoms with Gasteiger partial charge in [0.05, 0.1) is 13.7 Å². The highest BCUT2D eigenvalue weighted by Gasteiger charge is 2.42. The molecule has 2 aliphatic heterocycles. The molecule has 0 aliphatic carbocycles. The Morgan fingerprint density at radius 3 is 2.62 bits per heavy atom. The van der Waals surface area contributed by atoms with Crippen LogP contribution in [0.25, 0.3) is 0 Å². The maximum atomic E-state index is 12.7. The van der Waals surface area contributed by atoms with E-state index in [9.17, 15) is 14.4 Å². The Labute approximate surface area is 153 Å². The van der Waals surface area contributed by atoms with E-state index in [1.807, 2.05) is 17.0 Å². The lowest BCUT2D eigenvalue weighted by Gasteiger charge is -2.47. The molecule has 2 fully saturated rings. The summed E-state index contributed by atoms with van der Waals surface area (Å²) in [5, 5.41) is 0. The van der Waals surface area contributed by atoms with Crippen LogP contribution in [0.3, 0.4) is 0 Å². The van der Waals surface area contributed by atoms with Crippen LogP contribution >= 0.6 is 0 Å². The van der Waals surface area contributed by atoms with E-state index in [1.54, 1.807) is 24.1 Å². The number of ether oxygens (including phenoxy) is 1. The van der Waals surface area contributed by atoms with Gasteiger partial charge in [-0.2, -0.15) is 0 Å². The Hall–Kier alpha value is -2.57. The first-order valence-corrected chi connectivity index (χ1v) is 8.92. The molecule has 2 N–H and O–H groups in total. The third-order valence-corrected chi connectivity index (χ3v) is 5.52. The van der Waals surface area contributed by atoms with Gasteiger partial charge in [0.1, 0.15) is 5.75 Å². The molecular formula is C19H25N3O4. The van der Waals surface area contributed by atoms with Gasteiger partial charge in [-0.1, -0.05) is 6.07 Å². The number of nitrogens with zero attached hydrogens (tertiary/aromatic N) is 2. The number of hydrogen-bond acceptors (Lipinski definition) is 4. The number of benzene rings is 1. The number of carbonyl (C=O) groups excluding carboxylic acids is 3. The van der Waals surface area contributed by atoms with Gasteiger partial charge in [0.2, 0.25) is 11.8 Å². The number of carbonyl (C=O) groups is 3. The van der Waals surface area contributed by atoms with E-state index in [-0.39, 0.29) is 23.8 Å². The second-order valence-electron chi connectivity index (χ2n) is 7.24. The van der Waals surface area contributed by atoms with Crippen LogP contribution in [-0.4, -0.2) is 60.8 Å². The van der Waals surface area contributed by atoms with Crippen LogP contribution in [0.1, 0.15) is 36.0 Å². The Kier molecular flexibility index (Phi) is 5.15. The standard InChI is InChI=1S/C19H25N3O4/c1-26-15-4-2-3-14(11-15)18(25)21-9-7-19(8-10-21)6-5-17(24)22(13-19)12-16(20)23/h2-4,11H,5-10,12-13H2,1H3,(H2,20,23). The molecule has 1 aromatic rings. The molecule has 2 aliphatic rings. The summed E-state index contributed by atoms with van der Waals surface area (Å²) >= 11 is 0. The minimum Gasteiger partial charge on any atom is -0.497 e. The van der Waals surface area contributed by atoms with E-state index in [4.69, 9.17) is 10.5 Å². The van der Waals surface area contributed by atoms with Crippen LogP contribution in [0.2, 0.25) is 0 Å². The number of amides is 3. The Morgan fingerprint density at radius 2 is 1.96 bits per heavy atom. The smallest absolute Gasteiger partial charge is 0.253 e. The van der Waals surface area contributed by atoms with Crippen molar-refractivity contribution in [1.82, 2.24) is 9.80 Å². The van der Waals surface area contributed by atoms with Crippen LogP contribution in [0, 0.1) is 5.41 Å². The third kappa shape index (κ3) is 3.81. The quantitative estimate of drug-likeness (QED) is 0.869. The minimum absolute atomic E-state index is 0.000345. The molecule has 0 bridgehead atoms. The summed E-state index contributed by atoms with van der Waals surface area (Å²) in [5.74, 6) is 0.169. The molecule has 0 atom stereocenters. The van der Waals surface area contributed by atoms with Gasteiger partial charge in [-0.15, -0.1) is 0 Å². The summed E-state index contributed by atoms with van der Waals surface area (Å²) in [7, 11) is 1.58. The predicted octanol–water partition coefficient (Wildman–Crippen LogP) is 1.03. The van der Waals surface area contributed by atoms with Crippen molar-refractivity contribution in [3.8, 4) is 5.75 Å². The molecule has 3 amide bonds. The molecule has 0 aromatic heterocycles. The van der Waals surface area contributed by atoms with Crippen molar-refractivity contribution in [2.45, 2.75) is 25.7 Å². The Balaban J connectivity index is 1.63. The van der Waals surface area contributed by atoms with Crippen LogP contribution in [0.4, 0.5) is 0 Å². The summed E-state index contributed by atoms with van der Waals surface area (Å²) in [4.78, 5) is 39.4. The molecule has 0 unspecified atom stereocenters. The van der Waals surface area contributed by atoms with E-state index in [2.05, 4.69) is 0 Å². The summed E-state index contributed by atoms with van der Waals surface area (Å²) in [6.07, 6.45) is 2.90. The monoisotopic (exact) mass is 359 g/mol. The first-order valence-electron chi connectivity index (χ1n) is 8.92. The first kappa shape index (κ1) is 18.2. The number of nitrogens with two attached hydrogens (primary N) is 1. The van der Waals surface area contributed by atoms with Crippen LogP contribution in [0.15, 0.2) is 24.3 Å². The second-order valence-corrected chi connectivity index (χ2v) is 7.24. The highest BCUT2D eigenvalue weighted by molar-refractivity contribution is 5.94. The molecule has 2 heterocycles. The number of methoxy groups -OCH3 is 1. The van der Waals surface area contributed by atoms with Crippen LogP contribution < -0.4 is 10.5 Å². The lowest BCUT2D eigenvalue weighted by Crippen LogP contribution is -2.53. The molecule has 2 saturated heterocycles. The average molecular weight is 359 g/mol. The molecular weight excluding hydrogens is 334 g/mol. The second kappa shape index (κ2) is 7.35. The minimum atomic E-state index is -0.485. The van der Waals surface area contributed by atoms with Crippen molar-refractivity contribution >= 4 is 17.7 Å². The van der Waals surface area contributed by atoms with Gasteiger partial charge in [-0.3, -0.25) is 14.4 Å². The molecule has 0 radical (unpaired) electrons. The van der Waals surface area contributed by atoms with E-state index in [1.165, 1.54) is 0 Å². The van der Waals surface area contributed by atoms with Crippen LogP contribution in [-0.2, 0) is 9.59 Å². The number of hydrogen-bond donors (Lipinski definition) is 1. The van der Waals surface area contributed by atoms with E-state index in [0.29, 0.717) is 37.4 Å². The summed E-state index contributed by atoms with van der Waals surface area (Å²) in [6.45, 7) is 1.83. The Morgan fingerprint density at radius 1 is 1.23 bits per heavy atom. The fourth-order valence-corrected chi connectivity index (χ4v) is 3.97. The highest BCUT2D eigenvalue weighted by atomic mass is 16.5. The van der Waals surface area contributed by atoms with Gasteiger partial charge in [-0.25, -0.2) is 0 Å². The number of rotatable bonds is 4. The van der Waals surface area contributed by atoms with Crippen molar-refractivity contribution in [1.29, 1.82) is 0 Å². The number of primary amides is 1. The van der Waals surface area contributed by atoms with Gasteiger partial charge >= 0.3 is 0 Å². The van der Waals surface area contributed by atoms with Gasteiger partial charge < -0.3 is 20.3 Å². The average Bonchev–Trinajstić information content (AvgIpc) is 2.65. The van der Waals surface area contributed by atoms with Gasteiger partial charge in [-0.05, 0) is 42.9 Å². The summed E-state index contributed by atoms with van der Waals surface area (Å²) in [5.41, 5.74) is 5.86. The van der Waals surface area contributed by atoms with E-state index in [0.717, 1.165) is 19.3 Å². The van der Waals surface area contributed by atoms with E-state index < -0.39 is 5.91 Å². The largest absolute Gasteiger partial charge is 0.497 e. The molecule has 26 heavy (non-hydrogen) atoms. The molecule has 1 spiro atoms. The topological polar surface area (TPSA) is 92.9 Å². The number of piperidine rings is 2. The lowest BCUT2D eigenvalue weighted by atomic mass is 9.72. The van der Waals surface area contributed by atoms with Crippen molar-refractivity contribution in [3.63, 3.8) is 0 Å². The first-order chi connectivity index (χ1) is 12.4. The maximum absolute atomic E-state index is 12.7. The molecule has 140 valence electrons. The van der Waals surface area contributed by atoms with Gasteiger partial charge in [0.15, 0.2) is 0 Å². The molecule has 3 rings (SSSR count). The fourth-order valence-electron chi connectivity index (χ4n) is 3.97. The van der Waals surface area contributed by atoms with Crippen LogP contribution in [0.5, 0.6) is 5.75 Å². The summed E-state index contributed by atoms with van der Waals surface area (Å²) in [6, 6.07) is 7.17. The van der Waals surface area contributed by atoms with Crippen molar-refractivity contribution in [2.24, 2.45) is 11.1 Å². The van der Waals surface area contributed by atoms with Crippen molar-refractivity contribution in [2.75, 3.05) is 33.3 Å². The van der Waals surface area contributed by atoms with Crippen molar-refractivity contribution in [3.05, 3.63) is 29.8 Å². The maximum Gasteiger partial charge on any atom is 0.253 e. The van der Waals surface area contributed by atoms with Crippen molar-refractivity contribution < 1.29 is 19.1 Å². The molecule has 1 aromatic carbocycles. The highest BCUT2D eigenvalue weighted by Crippen LogP contribution is 2.40. The summed E-state index contributed by atoms with van der Waals surface area (Å²) < 4.78 is 5.19. The normalized spacial score (nSPS) is 19.5. The lowest BCUT2D eigenvalue weighted by molar-refractivity contribution is -0.142. The fraction of sp³-hybridized carbons (Fsp3) is 0.526. The third-order valence-electron chi connectivity index (χ3n) is 5.52. The van der Waals surface area contributed by atoms with E-state index >= 15 is 0 Å². The predicted molar refractivity (Wildman–Crippen MR) is 95.6 cm³/mol. The number of likely N-dealkylation sites (tertiary alicyclic amines) is 2. The SMILES string of the molecule is COc1cccc(C(=O)N2CCC3(CCC(=O)N(CC(N)=O)C3)CC2)c1. The Bertz CT molecular complexity index is 710. The van der Waals surface area contributed by atoms with Gasteiger partial charge in [0.25, 0.3) is 5.91 Å². The zero-order chi connectivity index (χ0) is 18.7. The van der Waals surface area contributed by atoms with Gasteiger partial charge in [0, 0.05) is 31.6 Å². The zero-order valence-corrected chi connectivity index (χ0v) is 15.1. The molecule has 0 saturated carbocycles. The zero-order valence-electron chi connectivity index (χ0n) is 15.1. The molecule has 7 nitrogen and oxygen atoms in total. The molecule has 7 heteroatoms.